The summed E-state index contributed by atoms with van der Waals surface area (Å²) in [6.45, 7) is 6.83. The van der Waals surface area contributed by atoms with E-state index < -0.39 is 0 Å². The van der Waals surface area contributed by atoms with Crippen LogP contribution in [0.4, 0.5) is 5.82 Å². The van der Waals surface area contributed by atoms with E-state index in [0.29, 0.717) is 18.3 Å². The molecule has 0 amide bonds. The molecule has 98 valence electrons. The largest absolute Gasteiger partial charge is 0.382 e. The molecular formula is C13H25N3O. The van der Waals surface area contributed by atoms with E-state index in [0.717, 1.165) is 13.2 Å². The second-order valence-corrected chi connectivity index (χ2v) is 4.50. The lowest BCUT2D eigenvalue weighted by molar-refractivity contribution is 0.0862. The minimum Gasteiger partial charge on any atom is -0.382 e. The van der Waals surface area contributed by atoms with E-state index in [4.69, 9.17) is 10.5 Å². The Bertz CT molecular complexity index is 299. The molecule has 4 heteroatoms. The van der Waals surface area contributed by atoms with Crippen LogP contribution in [0.5, 0.6) is 0 Å². The molecule has 1 heterocycles. The number of hydrogen-bond donors (Lipinski definition) is 1. The highest BCUT2D eigenvalue weighted by Crippen LogP contribution is 2.12. The Morgan fingerprint density at radius 3 is 2.88 bits per heavy atom. The average Bonchev–Trinajstić information content (AvgIpc) is 2.74. The normalized spacial score (nSPS) is 12.8. The molecule has 0 aliphatic rings. The van der Waals surface area contributed by atoms with Crippen LogP contribution in [0.15, 0.2) is 12.3 Å². The van der Waals surface area contributed by atoms with Crippen molar-refractivity contribution >= 4 is 5.82 Å². The molecule has 0 bridgehead atoms. The van der Waals surface area contributed by atoms with Gasteiger partial charge in [0.05, 0.1) is 13.2 Å². The Balaban J connectivity index is 2.09. The van der Waals surface area contributed by atoms with Crippen molar-refractivity contribution < 1.29 is 4.74 Å². The predicted molar refractivity (Wildman–Crippen MR) is 70.8 cm³/mol. The lowest BCUT2D eigenvalue weighted by atomic mass is 10.0. The van der Waals surface area contributed by atoms with E-state index >= 15 is 0 Å². The molecule has 0 spiro atoms. The van der Waals surface area contributed by atoms with Crippen LogP contribution in [0.2, 0.25) is 0 Å². The summed E-state index contributed by atoms with van der Waals surface area (Å²) >= 11 is 0. The molecule has 2 N–H and O–H groups in total. The Kier molecular flexibility index (Phi) is 6.70. The number of rotatable bonds is 9. The summed E-state index contributed by atoms with van der Waals surface area (Å²) in [4.78, 5) is 0. The topological polar surface area (TPSA) is 53.1 Å². The van der Waals surface area contributed by atoms with Crippen LogP contribution in [0.1, 0.15) is 39.5 Å². The molecule has 0 radical (unpaired) electrons. The Morgan fingerprint density at radius 2 is 2.29 bits per heavy atom. The molecule has 1 aromatic rings. The maximum absolute atomic E-state index is 5.70. The van der Waals surface area contributed by atoms with Crippen molar-refractivity contribution in [3.63, 3.8) is 0 Å². The summed E-state index contributed by atoms with van der Waals surface area (Å²) in [6.07, 6.45) is 6.93. The molecule has 0 saturated heterocycles. The van der Waals surface area contributed by atoms with E-state index in [1.807, 2.05) is 10.9 Å². The van der Waals surface area contributed by atoms with Crippen molar-refractivity contribution in [3.8, 4) is 0 Å². The average molecular weight is 239 g/mol. The minimum atomic E-state index is 0.569. The minimum absolute atomic E-state index is 0.569. The SMILES string of the molecule is CCCCC(CC)COCCn1ccc(N)n1. The van der Waals surface area contributed by atoms with Crippen molar-refractivity contribution in [2.45, 2.75) is 46.1 Å². The zero-order valence-electron chi connectivity index (χ0n) is 11.1. The van der Waals surface area contributed by atoms with E-state index in [1.165, 1.54) is 25.7 Å². The van der Waals surface area contributed by atoms with Gasteiger partial charge in [-0.3, -0.25) is 4.68 Å². The number of aromatic nitrogens is 2. The zero-order valence-corrected chi connectivity index (χ0v) is 11.1. The summed E-state index contributed by atoms with van der Waals surface area (Å²) in [5.41, 5.74) is 5.53. The van der Waals surface area contributed by atoms with Crippen molar-refractivity contribution in [1.29, 1.82) is 0 Å². The van der Waals surface area contributed by atoms with Gasteiger partial charge in [-0.2, -0.15) is 5.10 Å². The van der Waals surface area contributed by atoms with E-state index in [-0.39, 0.29) is 0 Å². The first-order chi connectivity index (χ1) is 8.26. The molecule has 1 unspecified atom stereocenters. The van der Waals surface area contributed by atoms with Crippen molar-refractivity contribution in [1.82, 2.24) is 9.78 Å². The second kappa shape index (κ2) is 8.12. The fourth-order valence-corrected chi connectivity index (χ4v) is 1.81. The molecule has 1 rings (SSSR count). The number of ether oxygens (including phenoxy) is 1. The lowest BCUT2D eigenvalue weighted by Crippen LogP contribution is -2.13. The first-order valence-electron chi connectivity index (χ1n) is 6.63. The molecule has 4 nitrogen and oxygen atoms in total. The Labute approximate surface area is 104 Å². The van der Waals surface area contributed by atoms with Crippen LogP contribution in [-0.2, 0) is 11.3 Å². The fraction of sp³-hybridized carbons (Fsp3) is 0.769. The summed E-state index contributed by atoms with van der Waals surface area (Å²) in [5, 5.41) is 4.11. The third kappa shape index (κ3) is 5.73. The molecule has 0 saturated carbocycles. The fourth-order valence-electron chi connectivity index (χ4n) is 1.81. The highest BCUT2D eigenvalue weighted by Gasteiger charge is 2.05. The van der Waals surface area contributed by atoms with Gasteiger partial charge in [-0.05, 0) is 18.4 Å². The third-order valence-electron chi connectivity index (χ3n) is 3.02. The van der Waals surface area contributed by atoms with Gasteiger partial charge in [0.2, 0.25) is 0 Å². The lowest BCUT2D eigenvalue weighted by Gasteiger charge is -2.14. The van der Waals surface area contributed by atoms with E-state index in [1.54, 1.807) is 6.07 Å². The standard InChI is InChI=1S/C13H25N3O/c1-3-5-6-12(4-2)11-17-10-9-16-8-7-13(14)15-16/h7-8,12H,3-6,9-11H2,1-2H3,(H2,14,15). The highest BCUT2D eigenvalue weighted by atomic mass is 16.5. The Morgan fingerprint density at radius 1 is 1.47 bits per heavy atom. The van der Waals surface area contributed by atoms with Gasteiger partial charge in [0.25, 0.3) is 0 Å². The number of anilines is 1. The van der Waals surface area contributed by atoms with E-state index in [9.17, 15) is 0 Å². The number of nitrogens with zero attached hydrogens (tertiary/aromatic N) is 2. The summed E-state index contributed by atoms with van der Waals surface area (Å²) in [7, 11) is 0. The van der Waals surface area contributed by atoms with Crippen LogP contribution in [0.3, 0.4) is 0 Å². The molecule has 0 aliphatic heterocycles. The van der Waals surface area contributed by atoms with Gasteiger partial charge in [-0.1, -0.05) is 33.1 Å². The molecule has 0 aliphatic carbocycles. The monoisotopic (exact) mass is 239 g/mol. The molecule has 0 fully saturated rings. The molecule has 1 aromatic heterocycles. The van der Waals surface area contributed by atoms with Gasteiger partial charge >= 0.3 is 0 Å². The van der Waals surface area contributed by atoms with Gasteiger partial charge < -0.3 is 10.5 Å². The van der Waals surface area contributed by atoms with Crippen LogP contribution >= 0.6 is 0 Å². The number of nitrogens with two attached hydrogens (primary N) is 1. The number of hydrogen-bond acceptors (Lipinski definition) is 3. The summed E-state index contributed by atoms with van der Waals surface area (Å²) < 4.78 is 7.52. The van der Waals surface area contributed by atoms with Crippen molar-refractivity contribution in [2.24, 2.45) is 5.92 Å². The first kappa shape index (κ1) is 14.0. The smallest absolute Gasteiger partial charge is 0.145 e. The van der Waals surface area contributed by atoms with Gasteiger partial charge in [0, 0.05) is 12.8 Å². The number of unbranched alkanes of at least 4 members (excludes halogenated alkanes) is 1. The number of nitrogen functional groups attached to an aromatic ring is 1. The zero-order chi connectivity index (χ0) is 12.5. The highest BCUT2D eigenvalue weighted by molar-refractivity contribution is 5.23. The predicted octanol–water partition coefficient (Wildman–Crippen LogP) is 2.70. The first-order valence-corrected chi connectivity index (χ1v) is 6.63. The van der Waals surface area contributed by atoms with Crippen LogP contribution < -0.4 is 5.73 Å². The van der Waals surface area contributed by atoms with Gasteiger partial charge in [-0.15, -0.1) is 0 Å². The van der Waals surface area contributed by atoms with Gasteiger partial charge in [0.1, 0.15) is 5.82 Å². The molecule has 1 atom stereocenters. The Hall–Kier alpha value is -1.03. The second-order valence-electron chi connectivity index (χ2n) is 4.50. The third-order valence-corrected chi connectivity index (χ3v) is 3.02. The summed E-state index contributed by atoms with van der Waals surface area (Å²) in [5.74, 6) is 1.28. The maximum atomic E-state index is 5.70. The quantitative estimate of drug-likeness (QED) is 0.674. The van der Waals surface area contributed by atoms with Crippen LogP contribution in [0, 0.1) is 5.92 Å². The van der Waals surface area contributed by atoms with E-state index in [2.05, 4.69) is 18.9 Å². The molecular weight excluding hydrogens is 214 g/mol. The maximum Gasteiger partial charge on any atom is 0.145 e. The van der Waals surface area contributed by atoms with Crippen molar-refractivity contribution in [2.75, 3.05) is 18.9 Å². The molecule has 0 aromatic carbocycles. The van der Waals surface area contributed by atoms with Crippen molar-refractivity contribution in [3.05, 3.63) is 12.3 Å². The molecule has 17 heavy (non-hydrogen) atoms. The van der Waals surface area contributed by atoms with Gasteiger partial charge in [-0.25, -0.2) is 0 Å². The van der Waals surface area contributed by atoms with Gasteiger partial charge in [0.15, 0.2) is 0 Å². The van der Waals surface area contributed by atoms with Crippen LogP contribution in [-0.4, -0.2) is 23.0 Å². The summed E-state index contributed by atoms with van der Waals surface area (Å²) in [6, 6.07) is 1.80. The van der Waals surface area contributed by atoms with Crippen LogP contribution in [0.25, 0.3) is 0 Å².